The van der Waals surface area contributed by atoms with E-state index in [1.54, 1.807) is 7.11 Å². The third kappa shape index (κ3) is 3.86. The van der Waals surface area contributed by atoms with Crippen molar-refractivity contribution in [1.29, 1.82) is 0 Å². The number of methoxy groups -OCH3 is 1. The van der Waals surface area contributed by atoms with E-state index in [-0.39, 0.29) is 0 Å². The molecule has 0 saturated carbocycles. The number of para-hydroxylation sites is 2. The van der Waals surface area contributed by atoms with Crippen molar-refractivity contribution in [2.45, 2.75) is 45.6 Å². The van der Waals surface area contributed by atoms with E-state index in [0.717, 1.165) is 18.0 Å². The highest BCUT2D eigenvalue weighted by atomic mass is 16.5. The summed E-state index contributed by atoms with van der Waals surface area (Å²) in [6, 6.07) is 8.09. The Balaban J connectivity index is 1.95. The number of rotatable bonds is 8. The van der Waals surface area contributed by atoms with Gasteiger partial charge in [-0.25, -0.2) is 4.57 Å². The van der Waals surface area contributed by atoms with Crippen molar-refractivity contribution in [2.24, 2.45) is 0 Å². The molecule has 2 rings (SSSR count). The molecule has 0 N–H and O–H groups in total. The van der Waals surface area contributed by atoms with E-state index in [9.17, 15) is 0 Å². The van der Waals surface area contributed by atoms with Gasteiger partial charge < -0.3 is 4.74 Å². The highest BCUT2D eigenvalue weighted by Crippen LogP contribution is 2.20. The summed E-state index contributed by atoms with van der Waals surface area (Å²) in [5.41, 5.74) is 1.08. The van der Waals surface area contributed by atoms with Crippen molar-refractivity contribution >= 4 is 0 Å². The first-order chi connectivity index (χ1) is 9.85. The second-order valence-electron chi connectivity index (χ2n) is 5.14. The molecule has 1 aromatic carbocycles. The molecule has 3 heteroatoms. The van der Waals surface area contributed by atoms with Crippen LogP contribution >= 0.6 is 0 Å². The molecule has 0 amide bonds. The Kier molecular flexibility index (Phi) is 5.66. The Morgan fingerprint density at radius 1 is 1.10 bits per heavy atom. The van der Waals surface area contributed by atoms with Gasteiger partial charge in [-0.2, -0.15) is 4.57 Å². The number of unbranched alkanes of at least 4 members (excludes halogenated alkanes) is 4. The van der Waals surface area contributed by atoms with E-state index in [4.69, 9.17) is 4.74 Å². The molecule has 0 fully saturated rings. The van der Waals surface area contributed by atoms with Crippen molar-refractivity contribution < 1.29 is 9.30 Å². The van der Waals surface area contributed by atoms with Crippen LogP contribution in [0.5, 0.6) is 5.75 Å². The summed E-state index contributed by atoms with van der Waals surface area (Å²) in [6.45, 7) is 3.34. The zero-order valence-electron chi connectivity index (χ0n) is 12.6. The third-order valence-electron chi connectivity index (χ3n) is 3.57. The van der Waals surface area contributed by atoms with Gasteiger partial charge in [-0.3, -0.25) is 0 Å². The van der Waals surface area contributed by atoms with Gasteiger partial charge in [-0.05, 0) is 25.0 Å². The number of hydrogen-bond acceptors (Lipinski definition) is 1. The van der Waals surface area contributed by atoms with Crippen LogP contribution in [0, 0.1) is 0 Å². The van der Waals surface area contributed by atoms with Crippen molar-refractivity contribution in [2.75, 3.05) is 7.11 Å². The Hall–Kier alpha value is -1.77. The van der Waals surface area contributed by atoms with Gasteiger partial charge in [0.2, 0.25) is 6.33 Å². The number of aryl methyl sites for hydroxylation is 1. The maximum Gasteiger partial charge on any atom is 0.249 e. The molecular weight excluding hydrogens is 248 g/mol. The molecule has 108 valence electrons. The Morgan fingerprint density at radius 2 is 1.90 bits per heavy atom. The van der Waals surface area contributed by atoms with Crippen LogP contribution in [0.15, 0.2) is 43.0 Å². The van der Waals surface area contributed by atoms with Crippen LogP contribution in [0.1, 0.15) is 39.0 Å². The molecule has 0 aliphatic rings. The molecule has 0 saturated heterocycles. The zero-order valence-corrected chi connectivity index (χ0v) is 12.6. The van der Waals surface area contributed by atoms with Gasteiger partial charge in [0.1, 0.15) is 12.4 Å². The fourth-order valence-electron chi connectivity index (χ4n) is 2.41. The number of ether oxygens (including phenoxy) is 1. The summed E-state index contributed by atoms with van der Waals surface area (Å²) in [7, 11) is 1.71. The first kappa shape index (κ1) is 14.6. The average Bonchev–Trinajstić information content (AvgIpc) is 2.95. The third-order valence-corrected chi connectivity index (χ3v) is 3.57. The minimum Gasteiger partial charge on any atom is -0.492 e. The Morgan fingerprint density at radius 3 is 2.70 bits per heavy atom. The number of nitrogens with zero attached hydrogens (tertiary/aromatic N) is 2. The van der Waals surface area contributed by atoms with E-state index >= 15 is 0 Å². The second-order valence-corrected chi connectivity index (χ2v) is 5.14. The van der Waals surface area contributed by atoms with Gasteiger partial charge in [0.05, 0.1) is 13.7 Å². The van der Waals surface area contributed by atoms with Crippen LogP contribution in [-0.4, -0.2) is 11.7 Å². The van der Waals surface area contributed by atoms with E-state index in [1.165, 1.54) is 32.1 Å². The molecule has 1 aromatic heterocycles. The summed E-state index contributed by atoms with van der Waals surface area (Å²) in [6.07, 6.45) is 12.9. The molecule has 0 spiro atoms. The maximum absolute atomic E-state index is 5.40. The monoisotopic (exact) mass is 273 g/mol. The zero-order chi connectivity index (χ0) is 14.2. The molecule has 0 unspecified atom stereocenters. The number of benzene rings is 1. The Labute approximate surface area is 121 Å². The molecule has 0 aliphatic heterocycles. The molecule has 0 radical (unpaired) electrons. The van der Waals surface area contributed by atoms with Gasteiger partial charge >= 0.3 is 0 Å². The van der Waals surface area contributed by atoms with Crippen molar-refractivity contribution in [3.05, 3.63) is 43.0 Å². The quantitative estimate of drug-likeness (QED) is 0.529. The van der Waals surface area contributed by atoms with E-state index in [0.29, 0.717) is 0 Å². The molecule has 0 bridgehead atoms. The van der Waals surface area contributed by atoms with E-state index in [2.05, 4.69) is 40.8 Å². The second kappa shape index (κ2) is 7.73. The summed E-state index contributed by atoms with van der Waals surface area (Å²) in [4.78, 5) is 0. The van der Waals surface area contributed by atoms with Crippen LogP contribution in [0.25, 0.3) is 5.69 Å². The summed E-state index contributed by atoms with van der Waals surface area (Å²) in [5.74, 6) is 0.901. The molecule has 3 nitrogen and oxygen atoms in total. The first-order valence-electron chi connectivity index (χ1n) is 7.55. The largest absolute Gasteiger partial charge is 0.492 e. The smallest absolute Gasteiger partial charge is 0.249 e. The predicted molar refractivity (Wildman–Crippen MR) is 81.3 cm³/mol. The summed E-state index contributed by atoms with van der Waals surface area (Å²) < 4.78 is 9.77. The lowest BCUT2D eigenvalue weighted by molar-refractivity contribution is -0.696. The Bertz CT molecular complexity index is 519. The van der Waals surface area contributed by atoms with E-state index in [1.807, 2.05) is 18.2 Å². The fraction of sp³-hybridized carbons (Fsp3) is 0.471. The molecule has 0 atom stereocenters. The first-order valence-corrected chi connectivity index (χ1v) is 7.55. The van der Waals surface area contributed by atoms with Crippen LogP contribution in [-0.2, 0) is 6.54 Å². The summed E-state index contributed by atoms with van der Waals surface area (Å²) in [5, 5.41) is 0. The van der Waals surface area contributed by atoms with Gasteiger partial charge in [0, 0.05) is 0 Å². The molecule has 1 heterocycles. The molecular formula is C17H25N2O+. The van der Waals surface area contributed by atoms with Crippen LogP contribution in [0.2, 0.25) is 0 Å². The lowest BCUT2D eigenvalue weighted by atomic mass is 10.1. The topological polar surface area (TPSA) is 18.0 Å². The van der Waals surface area contributed by atoms with Crippen LogP contribution < -0.4 is 9.30 Å². The van der Waals surface area contributed by atoms with Crippen molar-refractivity contribution in [3.8, 4) is 11.4 Å². The van der Waals surface area contributed by atoms with Crippen molar-refractivity contribution in [3.63, 3.8) is 0 Å². The number of imidazole rings is 1. The van der Waals surface area contributed by atoms with Gasteiger partial charge in [0.25, 0.3) is 0 Å². The fourth-order valence-corrected chi connectivity index (χ4v) is 2.41. The minimum atomic E-state index is 0.901. The number of aromatic nitrogens is 2. The van der Waals surface area contributed by atoms with Crippen molar-refractivity contribution in [1.82, 2.24) is 4.57 Å². The lowest BCUT2D eigenvalue weighted by Crippen LogP contribution is -2.30. The highest BCUT2D eigenvalue weighted by Gasteiger charge is 2.10. The van der Waals surface area contributed by atoms with Crippen LogP contribution in [0.3, 0.4) is 0 Å². The van der Waals surface area contributed by atoms with E-state index < -0.39 is 0 Å². The van der Waals surface area contributed by atoms with Crippen LogP contribution in [0.4, 0.5) is 0 Å². The number of hydrogen-bond donors (Lipinski definition) is 0. The maximum atomic E-state index is 5.40. The SMILES string of the molecule is CCCCCCC[n+]1ccn(-c2ccccc2OC)c1. The normalized spacial score (nSPS) is 10.7. The standard InChI is InChI=1S/C17H25N2O/c1-3-4-5-6-9-12-18-13-14-19(15-18)16-10-7-8-11-17(16)20-2/h7-8,10-11,13-15H,3-6,9,12H2,1-2H3/q+1. The van der Waals surface area contributed by atoms with Gasteiger partial charge in [-0.15, -0.1) is 0 Å². The van der Waals surface area contributed by atoms with Gasteiger partial charge in [0.15, 0.2) is 11.4 Å². The molecule has 0 aliphatic carbocycles. The molecule has 20 heavy (non-hydrogen) atoms. The highest BCUT2D eigenvalue weighted by molar-refractivity contribution is 5.45. The minimum absolute atomic E-state index is 0.901. The average molecular weight is 273 g/mol. The molecule has 2 aromatic rings. The summed E-state index contributed by atoms with van der Waals surface area (Å²) >= 11 is 0. The van der Waals surface area contributed by atoms with Gasteiger partial charge in [-0.1, -0.05) is 38.3 Å². The lowest BCUT2D eigenvalue weighted by Gasteiger charge is -2.03. The predicted octanol–water partition coefficient (Wildman–Crippen LogP) is 3.74.